The van der Waals surface area contributed by atoms with Crippen LogP contribution in [0.15, 0.2) is 13.2 Å². The quantitative estimate of drug-likeness (QED) is 0.476. The van der Waals surface area contributed by atoms with Gasteiger partial charge < -0.3 is 10.2 Å². The molecule has 0 atom stereocenters. The van der Waals surface area contributed by atoms with Crippen molar-refractivity contribution in [3.63, 3.8) is 0 Å². The SMILES string of the molecule is C=C.CCC(C(=O)O)C(=O)O. The van der Waals surface area contributed by atoms with Crippen LogP contribution in [-0.4, -0.2) is 22.2 Å². The second-order valence-electron chi connectivity index (χ2n) is 1.64. The molecule has 0 aromatic rings. The molecule has 11 heavy (non-hydrogen) atoms. The maximum absolute atomic E-state index is 9.99. The highest BCUT2D eigenvalue weighted by Crippen LogP contribution is 2.00. The largest absolute Gasteiger partial charge is 0.481 e. The van der Waals surface area contributed by atoms with Crippen molar-refractivity contribution in [3.05, 3.63) is 13.2 Å². The Kier molecular flexibility index (Phi) is 7.64. The van der Waals surface area contributed by atoms with Crippen molar-refractivity contribution < 1.29 is 19.8 Å². The van der Waals surface area contributed by atoms with Gasteiger partial charge in [-0.05, 0) is 6.42 Å². The Morgan fingerprint density at radius 3 is 1.55 bits per heavy atom. The summed E-state index contributed by atoms with van der Waals surface area (Å²) < 4.78 is 0. The number of aliphatic carboxylic acids is 2. The normalized spacial score (nSPS) is 8.18. The van der Waals surface area contributed by atoms with E-state index in [1.54, 1.807) is 0 Å². The van der Waals surface area contributed by atoms with Gasteiger partial charge in [-0.1, -0.05) is 6.92 Å². The molecule has 0 saturated heterocycles. The van der Waals surface area contributed by atoms with Crippen LogP contribution < -0.4 is 0 Å². The maximum Gasteiger partial charge on any atom is 0.317 e. The zero-order valence-electron chi connectivity index (χ0n) is 6.41. The van der Waals surface area contributed by atoms with E-state index in [1.165, 1.54) is 6.92 Å². The van der Waals surface area contributed by atoms with Gasteiger partial charge in [0.05, 0.1) is 0 Å². The Balaban J connectivity index is 0. The summed E-state index contributed by atoms with van der Waals surface area (Å²) in [5.74, 6) is -3.79. The van der Waals surface area contributed by atoms with Crippen molar-refractivity contribution in [1.82, 2.24) is 0 Å². The van der Waals surface area contributed by atoms with E-state index in [9.17, 15) is 9.59 Å². The minimum absolute atomic E-state index is 0.130. The summed E-state index contributed by atoms with van der Waals surface area (Å²) >= 11 is 0. The first-order chi connectivity index (χ1) is 5.09. The summed E-state index contributed by atoms with van der Waals surface area (Å²) in [7, 11) is 0. The second kappa shape index (κ2) is 6.80. The average Bonchev–Trinajstić information content (AvgIpc) is 1.91. The van der Waals surface area contributed by atoms with Crippen molar-refractivity contribution >= 4 is 11.9 Å². The van der Waals surface area contributed by atoms with Crippen LogP contribution in [0.3, 0.4) is 0 Å². The van der Waals surface area contributed by atoms with Crippen LogP contribution >= 0.6 is 0 Å². The van der Waals surface area contributed by atoms with E-state index in [4.69, 9.17) is 10.2 Å². The number of hydrogen-bond acceptors (Lipinski definition) is 2. The number of hydrogen-bond donors (Lipinski definition) is 2. The first kappa shape index (κ1) is 12.4. The minimum atomic E-state index is -1.27. The van der Waals surface area contributed by atoms with Crippen LogP contribution in [0.1, 0.15) is 13.3 Å². The molecule has 0 aliphatic heterocycles. The van der Waals surface area contributed by atoms with Gasteiger partial charge in [0.1, 0.15) is 0 Å². The van der Waals surface area contributed by atoms with E-state index in [0.29, 0.717) is 0 Å². The molecule has 0 amide bonds. The van der Waals surface area contributed by atoms with Crippen LogP contribution in [0.4, 0.5) is 0 Å². The number of carboxylic acids is 2. The topological polar surface area (TPSA) is 74.6 Å². The van der Waals surface area contributed by atoms with Gasteiger partial charge in [-0.25, -0.2) is 0 Å². The summed E-state index contributed by atoms with van der Waals surface area (Å²) in [6.07, 6.45) is 0.130. The van der Waals surface area contributed by atoms with E-state index < -0.39 is 17.9 Å². The van der Waals surface area contributed by atoms with Crippen molar-refractivity contribution in [3.8, 4) is 0 Å². The third-order valence-electron chi connectivity index (χ3n) is 1.00. The molecule has 0 aliphatic rings. The van der Waals surface area contributed by atoms with Crippen molar-refractivity contribution in [1.29, 1.82) is 0 Å². The predicted octanol–water partition coefficient (Wildman–Crippen LogP) is 0.984. The number of carbonyl (C=O) groups is 2. The molecule has 0 spiro atoms. The molecule has 0 aromatic carbocycles. The van der Waals surface area contributed by atoms with E-state index in [-0.39, 0.29) is 6.42 Å². The van der Waals surface area contributed by atoms with Crippen LogP contribution in [0, 0.1) is 5.92 Å². The lowest BCUT2D eigenvalue weighted by molar-refractivity contribution is -0.154. The van der Waals surface area contributed by atoms with E-state index in [1.807, 2.05) is 0 Å². The Hall–Kier alpha value is -1.32. The molecular weight excluding hydrogens is 148 g/mol. The average molecular weight is 160 g/mol. The zero-order valence-corrected chi connectivity index (χ0v) is 6.41. The molecule has 0 fully saturated rings. The van der Waals surface area contributed by atoms with Gasteiger partial charge in [-0.2, -0.15) is 0 Å². The zero-order chi connectivity index (χ0) is 9.44. The fourth-order valence-corrected chi connectivity index (χ4v) is 0.455. The van der Waals surface area contributed by atoms with E-state index >= 15 is 0 Å². The molecule has 0 saturated carbocycles. The highest BCUT2D eigenvalue weighted by atomic mass is 16.4. The fourth-order valence-electron chi connectivity index (χ4n) is 0.455. The number of rotatable bonds is 3. The second-order valence-corrected chi connectivity index (χ2v) is 1.64. The van der Waals surface area contributed by atoms with Gasteiger partial charge in [-0.15, -0.1) is 13.2 Å². The molecule has 4 nitrogen and oxygen atoms in total. The molecule has 0 radical (unpaired) electrons. The highest BCUT2D eigenvalue weighted by molar-refractivity contribution is 5.92. The summed E-state index contributed by atoms with van der Waals surface area (Å²) in [6, 6.07) is 0. The van der Waals surface area contributed by atoms with E-state index in [2.05, 4.69) is 13.2 Å². The standard InChI is InChI=1S/C5H8O4.C2H4/c1-2-3(4(6)7)5(8)9;1-2/h3H,2H2,1H3,(H,6,7)(H,8,9);1-2H2. The molecule has 0 unspecified atom stereocenters. The van der Waals surface area contributed by atoms with Gasteiger partial charge in [-0.3, -0.25) is 9.59 Å². The molecule has 4 heteroatoms. The van der Waals surface area contributed by atoms with Crippen LogP contribution in [0.25, 0.3) is 0 Å². The van der Waals surface area contributed by atoms with Gasteiger partial charge in [0, 0.05) is 0 Å². The first-order valence-electron chi connectivity index (χ1n) is 3.05. The monoisotopic (exact) mass is 160 g/mol. The van der Waals surface area contributed by atoms with Crippen molar-refractivity contribution in [2.24, 2.45) is 5.92 Å². The van der Waals surface area contributed by atoms with Crippen LogP contribution in [-0.2, 0) is 9.59 Å². The van der Waals surface area contributed by atoms with Gasteiger partial charge in [0.25, 0.3) is 0 Å². The fraction of sp³-hybridized carbons (Fsp3) is 0.429. The lowest BCUT2D eigenvalue weighted by Crippen LogP contribution is -2.21. The molecule has 0 bridgehead atoms. The lowest BCUT2D eigenvalue weighted by Gasteiger charge is -2.00. The van der Waals surface area contributed by atoms with Gasteiger partial charge >= 0.3 is 11.9 Å². The lowest BCUT2D eigenvalue weighted by atomic mass is 10.1. The Morgan fingerprint density at radius 1 is 1.27 bits per heavy atom. The summed E-state index contributed by atoms with van der Waals surface area (Å²) in [4.78, 5) is 20.0. The minimum Gasteiger partial charge on any atom is -0.481 e. The molecule has 0 aliphatic carbocycles. The third-order valence-corrected chi connectivity index (χ3v) is 1.00. The van der Waals surface area contributed by atoms with Crippen molar-refractivity contribution in [2.45, 2.75) is 13.3 Å². The Morgan fingerprint density at radius 2 is 1.55 bits per heavy atom. The molecule has 2 N–H and O–H groups in total. The predicted molar refractivity (Wildman–Crippen MR) is 40.3 cm³/mol. The maximum atomic E-state index is 9.99. The van der Waals surface area contributed by atoms with E-state index in [0.717, 1.165) is 0 Å². The highest BCUT2D eigenvalue weighted by Gasteiger charge is 2.22. The third kappa shape index (κ3) is 5.14. The van der Waals surface area contributed by atoms with Gasteiger partial charge in [0.15, 0.2) is 5.92 Å². The number of carboxylic acid groups (broad SMARTS) is 2. The molecule has 0 rings (SSSR count). The summed E-state index contributed by atoms with van der Waals surface area (Å²) in [5.41, 5.74) is 0. The molecule has 0 heterocycles. The molecule has 64 valence electrons. The van der Waals surface area contributed by atoms with Crippen LogP contribution in [0.2, 0.25) is 0 Å². The van der Waals surface area contributed by atoms with Crippen molar-refractivity contribution in [2.75, 3.05) is 0 Å². The first-order valence-corrected chi connectivity index (χ1v) is 3.05. The summed E-state index contributed by atoms with van der Waals surface area (Å²) in [6.45, 7) is 7.52. The molecule has 0 aromatic heterocycles. The summed E-state index contributed by atoms with van der Waals surface area (Å²) in [5, 5.41) is 16.3. The Labute approximate surface area is 65.2 Å². The Bertz CT molecular complexity index is 127. The molecular formula is C7H12O4. The van der Waals surface area contributed by atoms with Crippen LogP contribution in [0.5, 0.6) is 0 Å². The smallest absolute Gasteiger partial charge is 0.317 e. The van der Waals surface area contributed by atoms with Gasteiger partial charge in [0.2, 0.25) is 0 Å².